The maximum absolute atomic E-state index is 0. The Kier molecular flexibility index (Phi) is 12400. The monoisotopic (exact) mass is 114 g/mol. The third-order valence-corrected chi connectivity index (χ3v) is 0. The molecule has 0 saturated heterocycles. The van der Waals surface area contributed by atoms with E-state index in [0.717, 1.165) is 0 Å². The van der Waals surface area contributed by atoms with Gasteiger partial charge in [0.05, 0.1) is 0 Å². The molecule has 42 valence electrons. The van der Waals surface area contributed by atoms with Crippen LogP contribution >= 0.6 is 0 Å². The number of hydrogen-bond donors (Lipinski definition) is 0. The van der Waals surface area contributed by atoms with E-state index in [2.05, 4.69) is 0 Å². The molecule has 0 aromatic rings. The van der Waals surface area contributed by atoms with Crippen molar-refractivity contribution in [3.63, 3.8) is 0 Å². The van der Waals surface area contributed by atoms with Gasteiger partial charge in [0.1, 0.15) is 0 Å². The van der Waals surface area contributed by atoms with E-state index in [1.165, 1.54) is 0 Å². The van der Waals surface area contributed by atoms with Crippen LogP contribution in [0, 0.1) is 0 Å². The fourth-order valence-corrected chi connectivity index (χ4v) is 0. The summed E-state index contributed by atoms with van der Waals surface area (Å²) in [6.45, 7) is 0. The Labute approximate surface area is 57.2 Å². The Morgan fingerprint density at radius 3 is 0.333 bits per heavy atom. The van der Waals surface area contributed by atoms with Gasteiger partial charge in [-0.05, 0) is 0 Å². The molecule has 0 saturated carbocycles. The summed E-state index contributed by atoms with van der Waals surface area (Å²) in [5, 5.41) is 0. The SMILES string of the molecule is O.O.O.O.O.[NaH]. The summed E-state index contributed by atoms with van der Waals surface area (Å²) in [6.07, 6.45) is 0. The van der Waals surface area contributed by atoms with Gasteiger partial charge in [0, 0.05) is 0 Å². The van der Waals surface area contributed by atoms with Crippen LogP contribution in [0.25, 0.3) is 0 Å². The van der Waals surface area contributed by atoms with Gasteiger partial charge >= 0.3 is 29.6 Å². The molecule has 0 aliphatic heterocycles. The molecule has 0 bridgehead atoms. The molecule has 10 N–H and O–H groups in total. The van der Waals surface area contributed by atoms with E-state index in [-0.39, 0.29) is 56.9 Å². The van der Waals surface area contributed by atoms with Crippen molar-refractivity contribution in [2.24, 2.45) is 0 Å². The van der Waals surface area contributed by atoms with Crippen LogP contribution in [0.5, 0.6) is 0 Å². The molecular formula is H11NaO5. The molecule has 0 fully saturated rings. The van der Waals surface area contributed by atoms with Gasteiger partial charge in [0.25, 0.3) is 0 Å². The van der Waals surface area contributed by atoms with E-state index in [1.54, 1.807) is 0 Å². The summed E-state index contributed by atoms with van der Waals surface area (Å²) in [6, 6.07) is 0. The van der Waals surface area contributed by atoms with Crippen molar-refractivity contribution in [1.29, 1.82) is 0 Å². The molecule has 0 rings (SSSR count). The van der Waals surface area contributed by atoms with Crippen LogP contribution in [-0.2, 0) is 0 Å². The first-order valence-electron chi connectivity index (χ1n) is 0. The van der Waals surface area contributed by atoms with Crippen LogP contribution in [0.3, 0.4) is 0 Å². The standard InChI is InChI=1S/Na.5H2O.H/h;5*1H2;. The molecule has 0 aromatic carbocycles. The average Bonchev–Trinajstić information content (AvgIpc) is 0. The second kappa shape index (κ2) is 209. The van der Waals surface area contributed by atoms with Crippen molar-refractivity contribution >= 4 is 29.6 Å². The van der Waals surface area contributed by atoms with Crippen LogP contribution in [0.4, 0.5) is 0 Å². The molecule has 6 heavy (non-hydrogen) atoms. The second-order valence-corrected chi connectivity index (χ2v) is 0. The molecule has 6 heteroatoms. The topological polar surface area (TPSA) is 158 Å². The van der Waals surface area contributed by atoms with Gasteiger partial charge in [-0.25, -0.2) is 0 Å². The van der Waals surface area contributed by atoms with Crippen molar-refractivity contribution in [3.05, 3.63) is 0 Å². The zero-order valence-electron chi connectivity index (χ0n) is 2.50. The molecule has 0 spiro atoms. The Bertz CT molecular complexity index is 3.90. The van der Waals surface area contributed by atoms with E-state index in [4.69, 9.17) is 0 Å². The molecule has 0 amide bonds. The Balaban J connectivity index is 0. The normalized spacial score (nSPS) is 0. The summed E-state index contributed by atoms with van der Waals surface area (Å²) in [4.78, 5) is 0. The van der Waals surface area contributed by atoms with Crippen molar-refractivity contribution in [3.8, 4) is 0 Å². The van der Waals surface area contributed by atoms with Crippen LogP contribution in [0.15, 0.2) is 0 Å². The average molecular weight is 114 g/mol. The first-order valence-corrected chi connectivity index (χ1v) is 0. The van der Waals surface area contributed by atoms with E-state index in [0.29, 0.717) is 0 Å². The van der Waals surface area contributed by atoms with Crippen molar-refractivity contribution < 1.29 is 27.4 Å². The zero-order chi connectivity index (χ0) is 0. The van der Waals surface area contributed by atoms with Gasteiger partial charge in [0.2, 0.25) is 0 Å². The fraction of sp³-hybridized carbons (Fsp3) is 0. The molecule has 0 aliphatic carbocycles. The molecule has 0 radical (unpaired) electrons. The summed E-state index contributed by atoms with van der Waals surface area (Å²) >= 11 is 0. The predicted molar refractivity (Wildman–Crippen MR) is 25.2 cm³/mol. The molecule has 0 aromatic heterocycles. The molecule has 0 heterocycles. The Morgan fingerprint density at radius 1 is 0.333 bits per heavy atom. The molecule has 0 unspecified atom stereocenters. The van der Waals surface area contributed by atoms with Gasteiger partial charge in [-0.15, -0.1) is 0 Å². The first-order chi connectivity index (χ1) is 0. The van der Waals surface area contributed by atoms with E-state index >= 15 is 0 Å². The minimum atomic E-state index is 0. The Hall–Kier alpha value is 0.800. The Morgan fingerprint density at radius 2 is 0.333 bits per heavy atom. The predicted octanol–water partition coefficient (Wildman–Crippen LogP) is -4.77. The van der Waals surface area contributed by atoms with Gasteiger partial charge in [-0.1, -0.05) is 0 Å². The van der Waals surface area contributed by atoms with E-state index in [9.17, 15) is 0 Å². The van der Waals surface area contributed by atoms with Crippen LogP contribution < -0.4 is 0 Å². The van der Waals surface area contributed by atoms with Crippen molar-refractivity contribution in [1.82, 2.24) is 0 Å². The third kappa shape index (κ3) is 108. The summed E-state index contributed by atoms with van der Waals surface area (Å²) in [5.41, 5.74) is 0. The van der Waals surface area contributed by atoms with Crippen molar-refractivity contribution in [2.75, 3.05) is 0 Å². The minimum absolute atomic E-state index is 0. The zero-order valence-corrected chi connectivity index (χ0v) is 2.50. The second-order valence-electron chi connectivity index (χ2n) is 0. The number of hydrogen-bond acceptors (Lipinski definition) is 0. The molecule has 0 atom stereocenters. The van der Waals surface area contributed by atoms with Gasteiger partial charge < -0.3 is 27.4 Å². The molecule has 0 aliphatic rings. The van der Waals surface area contributed by atoms with Crippen molar-refractivity contribution in [2.45, 2.75) is 0 Å². The van der Waals surface area contributed by atoms with Crippen LogP contribution in [0.1, 0.15) is 0 Å². The number of rotatable bonds is 0. The summed E-state index contributed by atoms with van der Waals surface area (Å²) in [5.74, 6) is 0. The first kappa shape index (κ1) is 357. The molecular weight excluding hydrogens is 103 g/mol. The summed E-state index contributed by atoms with van der Waals surface area (Å²) < 4.78 is 0. The van der Waals surface area contributed by atoms with Gasteiger partial charge in [-0.3, -0.25) is 0 Å². The van der Waals surface area contributed by atoms with Crippen LogP contribution in [-0.4, -0.2) is 56.9 Å². The van der Waals surface area contributed by atoms with Gasteiger partial charge in [-0.2, -0.15) is 0 Å². The summed E-state index contributed by atoms with van der Waals surface area (Å²) in [7, 11) is 0. The fourth-order valence-electron chi connectivity index (χ4n) is 0. The van der Waals surface area contributed by atoms with Crippen LogP contribution in [0.2, 0.25) is 0 Å². The maximum atomic E-state index is 0. The van der Waals surface area contributed by atoms with Gasteiger partial charge in [0.15, 0.2) is 0 Å². The van der Waals surface area contributed by atoms with E-state index < -0.39 is 0 Å². The molecule has 5 nitrogen and oxygen atoms in total. The van der Waals surface area contributed by atoms with E-state index in [1.807, 2.05) is 0 Å². The third-order valence-electron chi connectivity index (χ3n) is 0. The quantitative estimate of drug-likeness (QED) is 0.277.